The number of carbonyl (C=O) groups is 1. The molecular weight excluding hydrogens is 469 g/mol. The smallest absolute Gasteiger partial charge is 0.257 e. The van der Waals surface area contributed by atoms with Crippen molar-refractivity contribution < 1.29 is 23.4 Å². The number of benzene rings is 3. The van der Waals surface area contributed by atoms with Crippen LogP contribution in [0.25, 0.3) is 10.9 Å². The van der Waals surface area contributed by atoms with Crippen LogP contribution in [0.3, 0.4) is 0 Å². The Morgan fingerprint density at radius 2 is 1.66 bits per heavy atom. The van der Waals surface area contributed by atoms with Gasteiger partial charge < -0.3 is 19.5 Å². The van der Waals surface area contributed by atoms with Gasteiger partial charge in [0.05, 0.1) is 25.4 Å². The number of rotatable bonds is 6. The van der Waals surface area contributed by atoms with Gasteiger partial charge in [0.1, 0.15) is 17.3 Å². The quantitative estimate of drug-likeness (QED) is 0.339. The minimum absolute atomic E-state index is 0.0238. The van der Waals surface area contributed by atoms with Gasteiger partial charge in [-0.2, -0.15) is 0 Å². The number of fused-ring (bicyclic) bond motifs is 1. The molecule has 0 radical (unpaired) electrons. The number of nitrogens with one attached hydrogen (secondary N) is 2. The number of nitrogens with zero attached hydrogens (tertiary/aromatic N) is 1. The predicted molar refractivity (Wildman–Crippen MR) is 136 cm³/mol. The topological polar surface area (TPSA) is 81.7 Å². The molecule has 4 aromatic rings. The molecule has 0 saturated carbocycles. The van der Waals surface area contributed by atoms with Crippen LogP contribution >= 0.6 is 12.2 Å². The number of pyridine rings is 1. The van der Waals surface area contributed by atoms with Crippen LogP contribution < -0.4 is 24.8 Å². The molecule has 0 fully saturated rings. The summed E-state index contributed by atoms with van der Waals surface area (Å²) in [6.07, 6.45) is 1.59. The molecule has 2 N–H and O–H groups in total. The first-order valence-corrected chi connectivity index (χ1v) is 11.0. The van der Waals surface area contributed by atoms with E-state index in [4.69, 9.17) is 26.4 Å². The second-order valence-electron chi connectivity index (χ2n) is 7.55. The fraction of sp³-hybridized carbons (Fsp3) is 0.115. The monoisotopic (exact) mass is 491 g/mol. The van der Waals surface area contributed by atoms with E-state index in [0.717, 1.165) is 5.56 Å². The minimum atomic E-state index is -0.605. The third-order valence-corrected chi connectivity index (χ3v) is 5.37. The Balaban J connectivity index is 1.48. The Bertz CT molecular complexity index is 1410. The van der Waals surface area contributed by atoms with E-state index in [1.165, 1.54) is 19.2 Å². The number of hydrogen-bond acceptors (Lipinski definition) is 6. The first-order valence-electron chi connectivity index (χ1n) is 10.5. The predicted octanol–water partition coefficient (Wildman–Crippen LogP) is 5.62. The zero-order chi connectivity index (χ0) is 24.9. The summed E-state index contributed by atoms with van der Waals surface area (Å²) < 4.78 is 31.4. The number of amides is 1. The van der Waals surface area contributed by atoms with E-state index in [2.05, 4.69) is 15.6 Å². The number of thiocarbonyl (C=S) groups is 1. The van der Waals surface area contributed by atoms with E-state index in [-0.39, 0.29) is 22.5 Å². The largest absolute Gasteiger partial charge is 0.493 e. The van der Waals surface area contributed by atoms with Crippen molar-refractivity contribution in [3.8, 4) is 23.0 Å². The van der Waals surface area contributed by atoms with Crippen molar-refractivity contribution >= 4 is 39.8 Å². The molecule has 0 unspecified atom stereocenters. The highest BCUT2D eigenvalue weighted by molar-refractivity contribution is 7.80. The van der Waals surface area contributed by atoms with E-state index in [1.54, 1.807) is 49.7 Å². The third-order valence-electron chi connectivity index (χ3n) is 5.16. The van der Waals surface area contributed by atoms with Gasteiger partial charge in [0, 0.05) is 29.3 Å². The van der Waals surface area contributed by atoms with E-state index >= 15 is 0 Å². The van der Waals surface area contributed by atoms with Gasteiger partial charge in [-0.15, -0.1) is 0 Å². The van der Waals surface area contributed by atoms with Crippen LogP contribution in [-0.2, 0) is 0 Å². The average molecular weight is 492 g/mol. The highest BCUT2D eigenvalue weighted by Gasteiger charge is 2.14. The van der Waals surface area contributed by atoms with Crippen LogP contribution in [-0.4, -0.2) is 30.2 Å². The van der Waals surface area contributed by atoms with Gasteiger partial charge >= 0.3 is 0 Å². The van der Waals surface area contributed by atoms with Crippen molar-refractivity contribution in [2.45, 2.75) is 6.92 Å². The van der Waals surface area contributed by atoms with Crippen LogP contribution in [0.15, 0.2) is 66.9 Å². The lowest BCUT2D eigenvalue weighted by Crippen LogP contribution is -2.34. The average Bonchev–Trinajstić information content (AvgIpc) is 2.85. The van der Waals surface area contributed by atoms with Gasteiger partial charge in [-0.1, -0.05) is 17.7 Å². The number of carbonyl (C=O) groups excluding carboxylic acids is 1. The first-order chi connectivity index (χ1) is 16.9. The molecule has 1 amide bonds. The molecule has 0 aliphatic carbocycles. The normalized spacial score (nSPS) is 10.5. The minimum Gasteiger partial charge on any atom is -0.493 e. The van der Waals surface area contributed by atoms with Crippen molar-refractivity contribution in [2.75, 3.05) is 19.5 Å². The van der Waals surface area contributed by atoms with E-state index in [9.17, 15) is 9.18 Å². The molecule has 1 heterocycles. The Morgan fingerprint density at radius 3 is 2.34 bits per heavy atom. The fourth-order valence-electron chi connectivity index (χ4n) is 3.36. The van der Waals surface area contributed by atoms with Crippen molar-refractivity contribution in [1.29, 1.82) is 0 Å². The summed E-state index contributed by atoms with van der Waals surface area (Å²) in [5.74, 6) is 0.801. The standard InChI is InChI=1S/C26H22FN3O4S/c1-15-4-6-16(7-5-15)25(31)30-26(35)29-20-9-8-17(12-19(20)27)34-22-10-11-28-21-14-24(33-3)23(32-2)13-18(21)22/h4-14H,1-3H3,(H2,29,30,31,35). The molecule has 9 heteroatoms. The molecule has 3 aromatic carbocycles. The molecule has 178 valence electrons. The first kappa shape index (κ1) is 23.9. The fourth-order valence-corrected chi connectivity index (χ4v) is 3.56. The summed E-state index contributed by atoms with van der Waals surface area (Å²) in [4.78, 5) is 16.7. The molecule has 0 aliphatic rings. The number of methoxy groups -OCH3 is 2. The molecule has 1 aromatic heterocycles. The van der Waals surface area contributed by atoms with Crippen LogP contribution in [0.2, 0.25) is 0 Å². The molecule has 35 heavy (non-hydrogen) atoms. The Morgan fingerprint density at radius 1 is 0.943 bits per heavy atom. The van der Waals surface area contributed by atoms with Gasteiger partial charge in [0.25, 0.3) is 5.91 Å². The maximum absolute atomic E-state index is 14.8. The number of hydrogen-bond donors (Lipinski definition) is 2. The van der Waals surface area contributed by atoms with Crippen molar-refractivity contribution in [1.82, 2.24) is 10.3 Å². The van der Waals surface area contributed by atoms with Crippen LogP contribution in [0, 0.1) is 12.7 Å². The second kappa shape index (κ2) is 10.4. The second-order valence-corrected chi connectivity index (χ2v) is 7.96. The van der Waals surface area contributed by atoms with Gasteiger partial charge in [-0.25, -0.2) is 4.39 Å². The molecule has 0 bridgehead atoms. The van der Waals surface area contributed by atoms with Gasteiger partial charge in [-0.3, -0.25) is 15.1 Å². The molecule has 0 spiro atoms. The molecular formula is C26H22FN3O4S. The maximum Gasteiger partial charge on any atom is 0.257 e. The number of anilines is 1. The van der Waals surface area contributed by atoms with Gasteiger partial charge in [0.15, 0.2) is 16.6 Å². The number of halogens is 1. The summed E-state index contributed by atoms with van der Waals surface area (Å²) in [7, 11) is 3.08. The summed E-state index contributed by atoms with van der Waals surface area (Å²) in [6.45, 7) is 1.93. The molecule has 0 atom stereocenters. The summed E-state index contributed by atoms with van der Waals surface area (Å²) in [5.41, 5.74) is 2.21. The highest BCUT2D eigenvalue weighted by atomic mass is 32.1. The Kier molecular flexibility index (Phi) is 7.07. The molecule has 4 rings (SSSR count). The Hall–Kier alpha value is -4.24. The number of ether oxygens (including phenoxy) is 3. The van der Waals surface area contributed by atoms with Crippen molar-refractivity contribution in [2.24, 2.45) is 0 Å². The van der Waals surface area contributed by atoms with Gasteiger partial charge in [0.2, 0.25) is 0 Å². The van der Waals surface area contributed by atoms with Gasteiger partial charge in [-0.05, 0) is 55.5 Å². The highest BCUT2D eigenvalue weighted by Crippen LogP contribution is 2.37. The molecule has 0 aliphatic heterocycles. The van der Waals surface area contributed by atoms with Crippen LogP contribution in [0.1, 0.15) is 15.9 Å². The molecule has 0 saturated heterocycles. The summed E-state index contributed by atoms with van der Waals surface area (Å²) in [6, 6.07) is 16.5. The number of aryl methyl sites for hydroxylation is 1. The lowest BCUT2D eigenvalue weighted by Gasteiger charge is -2.14. The summed E-state index contributed by atoms with van der Waals surface area (Å²) >= 11 is 5.16. The van der Waals surface area contributed by atoms with Crippen molar-refractivity contribution in [3.63, 3.8) is 0 Å². The lowest BCUT2D eigenvalue weighted by atomic mass is 10.1. The maximum atomic E-state index is 14.8. The van der Waals surface area contributed by atoms with Crippen LogP contribution in [0.4, 0.5) is 10.1 Å². The number of aromatic nitrogens is 1. The summed E-state index contributed by atoms with van der Waals surface area (Å²) in [5, 5.41) is 5.89. The van der Waals surface area contributed by atoms with Crippen LogP contribution in [0.5, 0.6) is 23.0 Å². The van der Waals surface area contributed by atoms with E-state index < -0.39 is 5.82 Å². The van der Waals surface area contributed by atoms with E-state index in [0.29, 0.717) is 33.7 Å². The lowest BCUT2D eigenvalue weighted by molar-refractivity contribution is 0.0977. The molecule has 7 nitrogen and oxygen atoms in total. The Labute approximate surface area is 206 Å². The zero-order valence-corrected chi connectivity index (χ0v) is 20.0. The van der Waals surface area contributed by atoms with Crippen molar-refractivity contribution in [3.05, 3.63) is 83.8 Å². The zero-order valence-electron chi connectivity index (χ0n) is 19.2. The SMILES string of the molecule is COc1cc2nccc(Oc3ccc(NC(=S)NC(=O)c4ccc(C)cc4)c(F)c3)c2cc1OC. The third kappa shape index (κ3) is 5.47. The van der Waals surface area contributed by atoms with E-state index in [1.807, 2.05) is 19.1 Å².